The third-order valence-corrected chi connectivity index (χ3v) is 4.55. The minimum absolute atomic E-state index is 0.363. The van der Waals surface area contributed by atoms with E-state index < -0.39 is 0 Å². The first-order chi connectivity index (χ1) is 12.7. The number of methoxy groups -OCH3 is 1. The molecule has 130 valence electrons. The largest absolute Gasteiger partial charge is 0.497 e. The van der Waals surface area contributed by atoms with Gasteiger partial charge in [-0.3, -0.25) is 5.10 Å². The van der Waals surface area contributed by atoms with Crippen LogP contribution in [-0.4, -0.2) is 23.5 Å². The second-order valence-electron chi connectivity index (χ2n) is 5.40. The van der Waals surface area contributed by atoms with Crippen molar-refractivity contribution in [2.45, 2.75) is 4.43 Å². The maximum absolute atomic E-state index is 9.48. The highest BCUT2D eigenvalue weighted by atomic mass is 127. The summed E-state index contributed by atoms with van der Waals surface area (Å²) < 4.78 is 6.15. The van der Waals surface area contributed by atoms with Crippen molar-refractivity contribution in [3.05, 3.63) is 65.2 Å². The quantitative estimate of drug-likeness (QED) is 0.319. The van der Waals surface area contributed by atoms with Gasteiger partial charge in [-0.2, -0.15) is 10.4 Å². The number of alkyl halides is 1. The van der Waals surface area contributed by atoms with Crippen molar-refractivity contribution in [1.29, 1.82) is 5.26 Å². The van der Waals surface area contributed by atoms with Gasteiger partial charge in [-0.1, -0.05) is 46.9 Å². The molecular formula is C19H16IN5O. The molecule has 1 heterocycles. The number of aliphatic imine (C=N–C) groups is 1. The van der Waals surface area contributed by atoms with E-state index in [1.807, 2.05) is 48.5 Å². The molecule has 3 aromatic rings. The minimum Gasteiger partial charge on any atom is -0.497 e. The molecule has 3 rings (SSSR count). The average molecular weight is 457 g/mol. The van der Waals surface area contributed by atoms with Gasteiger partial charge < -0.3 is 10.1 Å². The number of benzene rings is 2. The van der Waals surface area contributed by atoms with Gasteiger partial charge in [-0.05, 0) is 35.4 Å². The Hall–Kier alpha value is -2.86. The molecule has 0 aliphatic heterocycles. The van der Waals surface area contributed by atoms with E-state index >= 15 is 0 Å². The van der Waals surface area contributed by atoms with Crippen LogP contribution in [0.1, 0.15) is 16.7 Å². The molecule has 2 aromatic carbocycles. The molecular weight excluding hydrogens is 441 g/mol. The van der Waals surface area contributed by atoms with E-state index in [4.69, 9.17) is 4.74 Å². The lowest BCUT2D eigenvalue weighted by Crippen LogP contribution is -1.93. The van der Waals surface area contributed by atoms with E-state index in [9.17, 15) is 5.26 Å². The van der Waals surface area contributed by atoms with Gasteiger partial charge in [-0.25, -0.2) is 4.99 Å². The molecule has 0 radical (unpaired) electrons. The third-order valence-electron chi connectivity index (χ3n) is 3.67. The van der Waals surface area contributed by atoms with Crippen molar-refractivity contribution in [3.8, 4) is 11.8 Å². The Morgan fingerprint density at radius 3 is 2.81 bits per heavy atom. The van der Waals surface area contributed by atoms with Crippen LogP contribution in [0.25, 0.3) is 0 Å². The predicted molar refractivity (Wildman–Crippen MR) is 111 cm³/mol. The maximum Gasteiger partial charge on any atom is 0.172 e. The highest BCUT2D eigenvalue weighted by Crippen LogP contribution is 2.26. The number of nitrogens with zero attached hydrogens (tertiary/aromatic N) is 3. The van der Waals surface area contributed by atoms with Crippen molar-refractivity contribution in [2.24, 2.45) is 4.99 Å². The Balaban J connectivity index is 1.81. The molecule has 0 aliphatic carbocycles. The average Bonchev–Trinajstić information content (AvgIpc) is 3.08. The highest BCUT2D eigenvalue weighted by molar-refractivity contribution is 14.1. The molecule has 0 amide bonds. The van der Waals surface area contributed by atoms with Crippen molar-refractivity contribution >= 4 is 46.1 Å². The van der Waals surface area contributed by atoms with E-state index in [2.05, 4.69) is 49.2 Å². The van der Waals surface area contributed by atoms with Gasteiger partial charge in [0.2, 0.25) is 0 Å². The molecule has 6 nitrogen and oxygen atoms in total. The summed E-state index contributed by atoms with van der Waals surface area (Å²) in [6, 6.07) is 17.7. The summed E-state index contributed by atoms with van der Waals surface area (Å²) in [5, 5.41) is 19.6. The predicted octanol–water partition coefficient (Wildman–Crippen LogP) is 4.72. The first kappa shape index (κ1) is 17.9. The van der Waals surface area contributed by atoms with Crippen LogP contribution in [0.3, 0.4) is 0 Å². The first-order valence-corrected chi connectivity index (χ1v) is 9.34. The minimum atomic E-state index is 0.363. The van der Waals surface area contributed by atoms with Crippen LogP contribution in [0.15, 0.2) is 53.5 Å². The van der Waals surface area contributed by atoms with Crippen LogP contribution < -0.4 is 10.1 Å². The number of aromatic nitrogens is 2. The van der Waals surface area contributed by atoms with Crippen molar-refractivity contribution < 1.29 is 4.74 Å². The van der Waals surface area contributed by atoms with E-state index in [1.165, 1.54) is 5.56 Å². The second kappa shape index (κ2) is 8.49. The lowest BCUT2D eigenvalue weighted by atomic mass is 10.2. The summed E-state index contributed by atoms with van der Waals surface area (Å²) in [7, 11) is 1.61. The van der Waals surface area contributed by atoms with Crippen molar-refractivity contribution in [1.82, 2.24) is 10.2 Å². The maximum atomic E-state index is 9.48. The van der Waals surface area contributed by atoms with Gasteiger partial charge in [0.25, 0.3) is 0 Å². The van der Waals surface area contributed by atoms with Gasteiger partial charge in [0.15, 0.2) is 11.6 Å². The number of anilines is 2. The lowest BCUT2D eigenvalue weighted by molar-refractivity contribution is 0.415. The number of aromatic amines is 1. The topological polar surface area (TPSA) is 86.1 Å². The number of ether oxygens (including phenoxy) is 1. The standard InChI is InChI=1S/C19H16IN5O/c1-26-16-4-2-3-14(9-16)12-22-18-17(11-21)19(25-24-18)23-15-7-5-13(10-20)6-8-15/h2-9,12H,10H2,1H3,(H2,23,24,25)/b22-12+. The lowest BCUT2D eigenvalue weighted by Gasteiger charge is -2.04. The molecule has 0 fully saturated rings. The molecule has 0 atom stereocenters. The van der Waals surface area contributed by atoms with Crippen LogP contribution in [0.5, 0.6) is 5.75 Å². The van der Waals surface area contributed by atoms with Crippen LogP contribution in [0.4, 0.5) is 17.3 Å². The molecule has 26 heavy (non-hydrogen) atoms. The SMILES string of the molecule is COc1cccc(/C=N/c2[nH]nc(Nc3ccc(CI)cc3)c2C#N)c1. The Kier molecular flexibility index (Phi) is 5.86. The Labute approximate surface area is 165 Å². The number of hydrogen-bond acceptors (Lipinski definition) is 5. The summed E-state index contributed by atoms with van der Waals surface area (Å²) in [4.78, 5) is 4.35. The molecule has 0 unspecified atom stereocenters. The molecule has 0 spiro atoms. The van der Waals surface area contributed by atoms with E-state index in [-0.39, 0.29) is 0 Å². The highest BCUT2D eigenvalue weighted by Gasteiger charge is 2.12. The zero-order valence-electron chi connectivity index (χ0n) is 14.0. The fraction of sp³-hybridized carbons (Fsp3) is 0.105. The molecule has 2 N–H and O–H groups in total. The summed E-state index contributed by atoms with van der Waals surface area (Å²) in [6.07, 6.45) is 1.66. The number of H-pyrrole nitrogens is 1. The van der Waals surface area contributed by atoms with Crippen LogP contribution in [0.2, 0.25) is 0 Å². The van der Waals surface area contributed by atoms with Gasteiger partial charge in [0.1, 0.15) is 17.4 Å². The third kappa shape index (κ3) is 4.21. The zero-order valence-corrected chi connectivity index (χ0v) is 16.2. The van der Waals surface area contributed by atoms with Crippen molar-refractivity contribution in [3.63, 3.8) is 0 Å². The number of hydrogen-bond donors (Lipinski definition) is 2. The van der Waals surface area contributed by atoms with Gasteiger partial charge >= 0.3 is 0 Å². The van der Waals surface area contributed by atoms with E-state index in [1.54, 1.807) is 13.3 Å². The van der Waals surface area contributed by atoms with Crippen molar-refractivity contribution in [2.75, 3.05) is 12.4 Å². The smallest absolute Gasteiger partial charge is 0.172 e. The zero-order chi connectivity index (χ0) is 18.4. The van der Waals surface area contributed by atoms with Crippen LogP contribution in [0, 0.1) is 11.3 Å². The molecule has 0 saturated carbocycles. The van der Waals surface area contributed by atoms with Gasteiger partial charge in [0, 0.05) is 16.3 Å². The fourth-order valence-corrected chi connectivity index (χ4v) is 2.81. The van der Waals surface area contributed by atoms with Crippen LogP contribution >= 0.6 is 22.6 Å². The summed E-state index contributed by atoms with van der Waals surface area (Å²) in [5.74, 6) is 1.60. The fourth-order valence-electron chi connectivity index (χ4n) is 2.30. The molecule has 0 bridgehead atoms. The Morgan fingerprint density at radius 1 is 1.31 bits per heavy atom. The van der Waals surface area contributed by atoms with E-state index in [0.29, 0.717) is 17.2 Å². The Morgan fingerprint density at radius 2 is 2.12 bits per heavy atom. The van der Waals surface area contributed by atoms with Gasteiger partial charge in [0.05, 0.1) is 7.11 Å². The number of halogens is 1. The second-order valence-corrected chi connectivity index (χ2v) is 6.16. The summed E-state index contributed by atoms with van der Waals surface area (Å²) in [6.45, 7) is 0. The monoisotopic (exact) mass is 457 g/mol. The van der Waals surface area contributed by atoms with Crippen LogP contribution in [-0.2, 0) is 4.43 Å². The summed E-state index contributed by atoms with van der Waals surface area (Å²) >= 11 is 2.32. The number of nitriles is 1. The molecule has 0 saturated heterocycles. The van der Waals surface area contributed by atoms with Gasteiger partial charge in [-0.15, -0.1) is 0 Å². The number of rotatable bonds is 6. The summed E-state index contributed by atoms with van der Waals surface area (Å²) in [5.41, 5.74) is 3.33. The molecule has 0 aliphatic rings. The first-order valence-electron chi connectivity index (χ1n) is 7.82. The normalized spacial score (nSPS) is 10.7. The number of nitrogens with one attached hydrogen (secondary N) is 2. The Bertz CT molecular complexity index is 957. The molecule has 1 aromatic heterocycles. The molecule has 7 heteroatoms. The van der Waals surface area contributed by atoms with E-state index in [0.717, 1.165) is 21.4 Å².